The summed E-state index contributed by atoms with van der Waals surface area (Å²) < 4.78 is 6.09. The minimum Gasteiger partial charge on any atom is -0.490 e. The fraction of sp³-hybridized carbons (Fsp3) is 0.500. The van der Waals surface area contributed by atoms with Crippen molar-refractivity contribution < 1.29 is 19.4 Å². The lowest BCUT2D eigenvalue weighted by molar-refractivity contribution is -0.128. The summed E-state index contributed by atoms with van der Waals surface area (Å²) in [5.41, 5.74) is 0.716. The summed E-state index contributed by atoms with van der Waals surface area (Å²) in [6.07, 6.45) is 1.94. The number of hydrogen-bond acceptors (Lipinski definition) is 3. The van der Waals surface area contributed by atoms with Crippen LogP contribution in [-0.2, 0) is 16.0 Å². The Labute approximate surface area is 154 Å². The van der Waals surface area contributed by atoms with Crippen molar-refractivity contribution in [2.24, 2.45) is 0 Å². The second kappa shape index (κ2) is 7.02. The molecular formula is C20H26N2O4. The molecule has 0 bridgehead atoms. The first-order chi connectivity index (χ1) is 12.2. The molecule has 0 aromatic heterocycles. The minimum atomic E-state index is -0.933. The van der Waals surface area contributed by atoms with Gasteiger partial charge in [0.15, 0.2) is 0 Å². The van der Waals surface area contributed by atoms with Crippen LogP contribution in [0.25, 0.3) is 0 Å². The molecule has 0 saturated carbocycles. The van der Waals surface area contributed by atoms with Crippen molar-refractivity contribution in [2.75, 3.05) is 13.1 Å². The molecule has 1 fully saturated rings. The van der Waals surface area contributed by atoms with Gasteiger partial charge in [0.1, 0.15) is 11.4 Å². The Morgan fingerprint density at radius 3 is 2.54 bits per heavy atom. The molecule has 3 rings (SSSR count). The van der Waals surface area contributed by atoms with E-state index in [9.17, 15) is 14.7 Å². The predicted octanol–water partition coefficient (Wildman–Crippen LogP) is 2.89. The van der Waals surface area contributed by atoms with Gasteiger partial charge in [0.05, 0.1) is 12.1 Å². The van der Waals surface area contributed by atoms with Gasteiger partial charge in [0.2, 0.25) is 0 Å². The van der Waals surface area contributed by atoms with Gasteiger partial charge in [0, 0.05) is 25.6 Å². The first-order valence-electron chi connectivity index (χ1n) is 8.99. The largest absolute Gasteiger partial charge is 0.490 e. The van der Waals surface area contributed by atoms with E-state index >= 15 is 0 Å². The molecule has 6 nitrogen and oxygen atoms in total. The molecule has 26 heavy (non-hydrogen) atoms. The van der Waals surface area contributed by atoms with Crippen LogP contribution in [0.3, 0.4) is 0 Å². The number of carbonyl (C=O) groups excluding carboxylic acids is 1. The Morgan fingerprint density at radius 1 is 1.27 bits per heavy atom. The Morgan fingerprint density at radius 2 is 1.96 bits per heavy atom. The zero-order valence-electron chi connectivity index (χ0n) is 15.5. The average molecular weight is 358 g/mol. The summed E-state index contributed by atoms with van der Waals surface area (Å²) in [4.78, 5) is 27.2. The normalized spacial score (nSPS) is 23.3. The first-order valence-corrected chi connectivity index (χ1v) is 8.99. The van der Waals surface area contributed by atoms with Gasteiger partial charge in [0.25, 0.3) is 5.91 Å². The molecule has 0 aliphatic carbocycles. The molecule has 1 N–H and O–H groups in total. The Balaban J connectivity index is 1.84. The number of ether oxygens (including phenoxy) is 1. The molecule has 2 amide bonds. The van der Waals surface area contributed by atoms with Gasteiger partial charge in [-0.05, 0) is 32.8 Å². The predicted molar refractivity (Wildman–Crippen MR) is 97.7 cm³/mol. The van der Waals surface area contributed by atoms with Gasteiger partial charge >= 0.3 is 6.09 Å². The van der Waals surface area contributed by atoms with Crippen LogP contribution in [0, 0.1) is 0 Å². The van der Waals surface area contributed by atoms with Gasteiger partial charge in [-0.1, -0.05) is 30.3 Å². The highest BCUT2D eigenvalue weighted by Crippen LogP contribution is 2.32. The van der Waals surface area contributed by atoms with Crippen molar-refractivity contribution in [1.82, 2.24) is 9.80 Å². The summed E-state index contributed by atoms with van der Waals surface area (Å²) in [6, 6.07) is 9.66. The van der Waals surface area contributed by atoms with Crippen LogP contribution in [0.15, 0.2) is 42.2 Å². The lowest BCUT2D eigenvalue weighted by Crippen LogP contribution is -2.46. The molecule has 6 heteroatoms. The van der Waals surface area contributed by atoms with E-state index in [0.29, 0.717) is 31.7 Å². The summed E-state index contributed by atoms with van der Waals surface area (Å²) >= 11 is 0. The summed E-state index contributed by atoms with van der Waals surface area (Å²) in [7, 11) is 0. The van der Waals surface area contributed by atoms with Crippen LogP contribution < -0.4 is 0 Å². The van der Waals surface area contributed by atoms with E-state index in [1.807, 2.05) is 56.0 Å². The van der Waals surface area contributed by atoms with Crippen molar-refractivity contribution in [3.63, 3.8) is 0 Å². The molecule has 2 aliphatic rings. The third-order valence-electron chi connectivity index (χ3n) is 4.71. The number of likely N-dealkylation sites (tertiary alicyclic amines) is 1. The maximum absolute atomic E-state index is 12.7. The Hall–Kier alpha value is -2.50. The Bertz CT molecular complexity index is 708. The molecule has 2 heterocycles. The van der Waals surface area contributed by atoms with E-state index in [1.165, 1.54) is 4.90 Å². The van der Waals surface area contributed by atoms with Crippen molar-refractivity contribution >= 4 is 12.0 Å². The lowest BCUT2D eigenvalue weighted by Gasteiger charge is -2.34. The van der Waals surface area contributed by atoms with E-state index in [1.54, 1.807) is 6.08 Å². The van der Waals surface area contributed by atoms with Crippen LogP contribution in [-0.4, -0.2) is 57.7 Å². The number of carboxylic acid groups (broad SMARTS) is 1. The van der Waals surface area contributed by atoms with Gasteiger partial charge in [-0.3, -0.25) is 4.79 Å². The fourth-order valence-electron chi connectivity index (χ4n) is 3.65. The number of carbonyl (C=O) groups is 2. The maximum Gasteiger partial charge on any atom is 0.407 e. The maximum atomic E-state index is 12.7. The van der Waals surface area contributed by atoms with Crippen LogP contribution in [0.5, 0.6) is 0 Å². The van der Waals surface area contributed by atoms with Crippen LogP contribution >= 0.6 is 0 Å². The fourth-order valence-corrected chi connectivity index (χ4v) is 3.65. The highest BCUT2D eigenvalue weighted by Gasteiger charge is 2.42. The molecule has 0 spiro atoms. The monoisotopic (exact) mass is 358 g/mol. The zero-order chi connectivity index (χ0) is 18.9. The number of amides is 2. The number of hydrogen-bond donors (Lipinski definition) is 1. The smallest absolute Gasteiger partial charge is 0.407 e. The average Bonchev–Trinajstić information content (AvgIpc) is 3.12. The molecule has 0 radical (unpaired) electrons. The van der Waals surface area contributed by atoms with Gasteiger partial charge in [-0.25, -0.2) is 4.79 Å². The van der Waals surface area contributed by atoms with Crippen LogP contribution in [0.2, 0.25) is 0 Å². The summed E-state index contributed by atoms with van der Waals surface area (Å²) in [5.74, 6) is 0.572. The number of nitrogens with zero attached hydrogens (tertiary/aromatic N) is 2. The molecule has 2 atom stereocenters. The number of benzene rings is 1. The molecule has 1 saturated heterocycles. The first kappa shape index (κ1) is 18.3. The minimum absolute atomic E-state index is 0.0950. The number of rotatable bonds is 4. The van der Waals surface area contributed by atoms with Crippen molar-refractivity contribution in [3.8, 4) is 0 Å². The van der Waals surface area contributed by atoms with Crippen LogP contribution in [0.1, 0.15) is 32.8 Å². The molecular weight excluding hydrogens is 332 g/mol. The van der Waals surface area contributed by atoms with Crippen molar-refractivity contribution in [3.05, 3.63) is 47.7 Å². The SMILES string of the molecule is CC(C)(C)OC1=CC(=O)N(C2CCN(C(=O)O)C2)[C@H]1Cc1ccccc1. The summed E-state index contributed by atoms with van der Waals surface area (Å²) in [6.45, 7) is 6.69. The summed E-state index contributed by atoms with van der Waals surface area (Å²) in [5, 5.41) is 9.23. The van der Waals surface area contributed by atoms with E-state index in [-0.39, 0.29) is 18.0 Å². The van der Waals surface area contributed by atoms with Crippen LogP contribution in [0.4, 0.5) is 4.79 Å². The quantitative estimate of drug-likeness (QED) is 0.898. The standard InChI is InChI=1S/C20H26N2O4/c1-20(2,3)26-17-12-18(23)22(15-9-10-21(13-15)19(24)25)16(17)11-14-7-5-4-6-8-14/h4-8,12,15-16H,9-11,13H2,1-3H3,(H,24,25)/t15?,16-/m0/s1. The van der Waals surface area contributed by atoms with E-state index in [4.69, 9.17) is 4.74 Å². The highest BCUT2D eigenvalue weighted by atomic mass is 16.5. The second-order valence-corrected chi connectivity index (χ2v) is 7.88. The lowest BCUT2D eigenvalue weighted by atomic mass is 10.0. The molecule has 1 aromatic carbocycles. The molecule has 140 valence electrons. The molecule has 1 unspecified atom stereocenters. The van der Waals surface area contributed by atoms with E-state index in [0.717, 1.165) is 5.56 Å². The van der Waals surface area contributed by atoms with Gasteiger partial charge < -0.3 is 19.6 Å². The zero-order valence-corrected chi connectivity index (χ0v) is 15.5. The van der Waals surface area contributed by atoms with Crippen molar-refractivity contribution in [1.29, 1.82) is 0 Å². The topological polar surface area (TPSA) is 70.1 Å². The second-order valence-electron chi connectivity index (χ2n) is 7.88. The third kappa shape index (κ3) is 4.00. The van der Waals surface area contributed by atoms with Gasteiger partial charge in [-0.15, -0.1) is 0 Å². The van der Waals surface area contributed by atoms with E-state index < -0.39 is 11.7 Å². The van der Waals surface area contributed by atoms with E-state index in [2.05, 4.69) is 0 Å². The Kier molecular flexibility index (Phi) is 4.94. The van der Waals surface area contributed by atoms with Crippen molar-refractivity contribution in [2.45, 2.75) is 51.3 Å². The molecule has 2 aliphatic heterocycles. The highest BCUT2D eigenvalue weighted by molar-refractivity contribution is 5.92. The van der Waals surface area contributed by atoms with Gasteiger partial charge in [-0.2, -0.15) is 0 Å². The third-order valence-corrected chi connectivity index (χ3v) is 4.71. The molecule has 1 aromatic rings.